The van der Waals surface area contributed by atoms with Crippen molar-refractivity contribution in [3.05, 3.63) is 34.9 Å². The maximum atomic E-state index is 10.8. The van der Waals surface area contributed by atoms with Crippen LogP contribution in [0.3, 0.4) is 0 Å². The maximum Gasteiger partial charge on any atom is 0.335 e. The summed E-state index contributed by atoms with van der Waals surface area (Å²) in [7, 11) is 0. The maximum absolute atomic E-state index is 10.8. The van der Waals surface area contributed by atoms with Gasteiger partial charge in [0.25, 0.3) is 0 Å². The van der Waals surface area contributed by atoms with Crippen molar-refractivity contribution in [2.45, 2.75) is 31.1 Å². The molecule has 0 aliphatic heterocycles. The van der Waals surface area contributed by atoms with E-state index in [1.165, 1.54) is 30.4 Å². The third-order valence-electron chi connectivity index (χ3n) is 3.65. The summed E-state index contributed by atoms with van der Waals surface area (Å²) in [5, 5.41) is 8.86. The number of carboxylic acid groups (broad SMARTS) is 1. The van der Waals surface area contributed by atoms with E-state index in [-0.39, 0.29) is 0 Å². The lowest BCUT2D eigenvalue weighted by Crippen LogP contribution is -2.01. The number of aromatic carboxylic acids is 1. The molecule has 14 heavy (non-hydrogen) atoms. The molecule has 0 heterocycles. The van der Waals surface area contributed by atoms with Gasteiger partial charge in [-0.1, -0.05) is 6.07 Å². The predicted molar refractivity (Wildman–Crippen MR) is 52.6 cm³/mol. The molecular weight excluding hydrogens is 176 g/mol. The van der Waals surface area contributed by atoms with E-state index < -0.39 is 5.97 Å². The normalized spacial score (nSPS) is 20.9. The molecule has 72 valence electrons. The number of fused-ring (bicyclic) bond motifs is 2. The van der Waals surface area contributed by atoms with E-state index in [1.807, 2.05) is 12.1 Å². The molecule has 1 fully saturated rings. The second-order valence-corrected chi connectivity index (χ2v) is 4.46. The molecule has 0 amide bonds. The van der Waals surface area contributed by atoms with Crippen LogP contribution in [-0.4, -0.2) is 11.1 Å². The average molecular weight is 188 g/mol. The Hall–Kier alpha value is -1.31. The van der Waals surface area contributed by atoms with E-state index in [9.17, 15) is 4.79 Å². The van der Waals surface area contributed by atoms with E-state index in [1.54, 1.807) is 6.07 Å². The van der Waals surface area contributed by atoms with Crippen LogP contribution in [0.2, 0.25) is 0 Å². The van der Waals surface area contributed by atoms with E-state index >= 15 is 0 Å². The van der Waals surface area contributed by atoms with Gasteiger partial charge < -0.3 is 5.11 Å². The van der Waals surface area contributed by atoms with Gasteiger partial charge in [0, 0.05) is 0 Å². The summed E-state index contributed by atoms with van der Waals surface area (Å²) < 4.78 is 0. The second kappa shape index (κ2) is 2.38. The van der Waals surface area contributed by atoms with Gasteiger partial charge in [-0.2, -0.15) is 0 Å². The zero-order valence-electron chi connectivity index (χ0n) is 7.92. The number of carbonyl (C=O) groups is 1. The van der Waals surface area contributed by atoms with Crippen molar-refractivity contribution in [1.82, 2.24) is 0 Å². The minimum absolute atomic E-state index is 0.432. The lowest BCUT2D eigenvalue weighted by atomic mass is 9.97. The Labute approximate surface area is 82.6 Å². The quantitative estimate of drug-likeness (QED) is 0.734. The number of rotatable bonds is 1. The molecule has 1 spiro atoms. The van der Waals surface area contributed by atoms with Crippen LogP contribution in [0, 0.1) is 0 Å². The fourth-order valence-electron chi connectivity index (χ4n) is 2.63. The topological polar surface area (TPSA) is 37.3 Å². The molecule has 1 N–H and O–H groups in total. The SMILES string of the molecule is O=C(O)c1ccc2c(c1)CCC21CC1. The molecule has 0 bridgehead atoms. The standard InChI is InChI=1S/C12H12O2/c13-11(14)9-1-2-10-8(7-9)3-4-12(10)5-6-12/h1-2,7H,3-6H2,(H,13,14). The molecule has 2 aliphatic carbocycles. The minimum Gasteiger partial charge on any atom is -0.478 e. The predicted octanol–water partition coefficient (Wildman–Crippen LogP) is 2.36. The van der Waals surface area contributed by atoms with Crippen LogP contribution >= 0.6 is 0 Å². The van der Waals surface area contributed by atoms with E-state index in [2.05, 4.69) is 0 Å². The summed E-state index contributed by atoms with van der Waals surface area (Å²) >= 11 is 0. The minimum atomic E-state index is -0.815. The molecule has 0 unspecified atom stereocenters. The zero-order valence-corrected chi connectivity index (χ0v) is 7.92. The highest BCUT2D eigenvalue weighted by atomic mass is 16.4. The van der Waals surface area contributed by atoms with Gasteiger partial charge in [0.1, 0.15) is 0 Å². The van der Waals surface area contributed by atoms with Gasteiger partial charge >= 0.3 is 5.97 Å². The van der Waals surface area contributed by atoms with Crippen LogP contribution < -0.4 is 0 Å². The van der Waals surface area contributed by atoms with Gasteiger partial charge in [0.05, 0.1) is 5.56 Å². The van der Waals surface area contributed by atoms with E-state index in [0.717, 1.165) is 6.42 Å². The van der Waals surface area contributed by atoms with Gasteiger partial charge in [-0.3, -0.25) is 0 Å². The fraction of sp³-hybridized carbons (Fsp3) is 0.417. The summed E-state index contributed by atoms with van der Waals surface area (Å²) in [6.45, 7) is 0. The van der Waals surface area contributed by atoms with Crippen LogP contribution in [-0.2, 0) is 11.8 Å². The van der Waals surface area contributed by atoms with Crippen LogP contribution in [0.25, 0.3) is 0 Å². The lowest BCUT2D eigenvalue weighted by molar-refractivity contribution is 0.0697. The van der Waals surface area contributed by atoms with Crippen molar-refractivity contribution in [2.24, 2.45) is 0 Å². The molecule has 1 aromatic rings. The van der Waals surface area contributed by atoms with Gasteiger partial charge in [-0.05, 0) is 54.4 Å². The average Bonchev–Trinajstić information content (AvgIpc) is 2.85. The summed E-state index contributed by atoms with van der Waals surface area (Å²) in [6, 6.07) is 5.62. The number of hydrogen-bond acceptors (Lipinski definition) is 1. The number of benzene rings is 1. The molecule has 0 atom stereocenters. The largest absolute Gasteiger partial charge is 0.478 e. The highest BCUT2D eigenvalue weighted by molar-refractivity contribution is 5.88. The fourth-order valence-corrected chi connectivity index (χ4v) is 2.63. The third-order valence-corrected chi connectivity index (χ3v) is 3.65. The Morgan fingerprint density at radius 2 is 2.07 bits per heavy atom. The van der Waals surface area contributed by atoms with E-state index in [4.69, 9.17) is 5.11 Å². The molecule has 1 aromatic carbocycles. The van der Waals surface area contributed by atoms with Crippen molar-refractivity contribution < 1.29 is 9.90 Å². The number of hydrogen-bond donors (Lipinski definition) is 1. The first-order valence-electron chi connectivity index (χ1n) is 5.08. The number of carboxylic acids is 1. The second-order valence-electron chi connectivity index (χ2n) is 4.46. The van der Waals surface area contributed by atoms with Gasteiger partial charge in [-0.15, -0.1) is 0 Å². The zero-order chi connectivity index (χ0) is 9.76. The first-order chi connectivity index (χ1) is 6.71. The molecule has 0 aromatic heterocycles. The van der Waals surface area contributed by atoms with Crippen molar-refractivity contribution >= 4 is 5.97 Å². The lowest BCUT2D eigenvalue weighted by Gasteiger charge is -2.07. The first kappa shape index (κ1) is 8.04. The first-order valence-corrected chi connectivity index (χ1v) is 5.08. The monoisotopic (exact) mass is 188 g/mol. The molecule has 1 saturated carbocycles. The molecule has 2 aliphatic rings. The summed E-state index contributed by atoms with van der Waals surface area (Å²) in [6.07, 6.45) is 4.89. The molecule has 2 heteroatoms. The van der Waals surface area contributed by atoms with Gasteiger partial charge in [-0.25, -0.2) is 4.79 Å². The van der Waals surface area contributed by atoms with Crippen LogP contribution in [0.15, 0.2) is 18.2 Å². The third kappa shape index (κ3) is 0.939. The Bertz CT molecular complexity index is 416. The summed E-state index contributed by atoms with van der Waals surface area (Å²) in [4.78, 5) is 10.8. The van der Waals surface area contributed by atoms with Gasteiger partial charge in [0.15, 0.2) is 0 Å². The Morgan fingerprint density at radius 1 is 1.29 bits per heavy atom. The molecule has 2 nitrogen and oxygen atoms in total. The van der Waals surface area contributed by atoms with Crippen molar-refractivity contribution in [2.75, 3.05) is 0 Å². The highest BCUT2D eigenvalue weighted by Crippen LogP contribution is 2.56. The molecule has 3 rings (SSSR count). The van der Waals surface area contributed by atoms with E-state index in [0.29, 0.717) is 11.0 Å². The number of aryl methyl sites for hydroxylation is 1. The molecule has 0 radical (unpaired) electrons. The summed E-state index contributed by atoms with van der Waals surface area (Å²) in [5.74, 6) is -0.815. The highest BCUT2D eigenvalue weighted by Gasteiger charge is 2.48. The van der Waals surface area contributed by atoms with Crippen LogP contribution in [0.4, 0.5) is 0 Å². The summed E-state index contributed by atoms with van der Waals surface area (Å²) in [5.41, 5.74) is 3.58. The van der Waals surface area contributed by atoms with Crippen LogP contribution in [0.1, 0.15) is 40.7 Å². The van der Waals surface area contributed by atoms with Crippen molar-refractivity contribution in [3.8, 4) is 0 Å². The van der Waals surface area contributed by atoms with Crippen molar-refractivity contribution in [1.29, 1.82) is 0 Å². The molecular formula is C12H12O2. The Kier molecular flexibility index (Phi) is 1.37. The van der Waals surface area contributed by atoms with Crippen molar-refractivity contribution in [3.63, 3.8) is 0 Å². The molecule has 0 saturated heterocycles. The Morgan fingerprint density at radius 3 is 2.71 bits per heavy atom. The smallest absolute Gasteiger partial charge is 0.335 e. The van der Waals surface area contributed by atoms with Gasteiger partial charge in [0.2, 0.25) is 0 Å². The Balaban J connectivity index is 2.09. The van der Waals surface area contributed by atoms with Crippen LogP contribution in [0.5, 0.6) is 0 Å².